The zero-order valence-electron chi connectivity index (χ0n) is 9.43. The molecule has 0 fully saturated rings. The lowest BCUT2D eigenvalue weighted by Gasteiger charge is -2.10. The van der Waals surface area contributed by atoms with E-state index in [-0.39, 0.29) is 19.0 Å². The molecular formula is C11H16O4S. The van der Waals surface area contributed by atoms with Gasteiger partial charge in [-0.05, 0) is 13.0 Å². The molecule has 0 aliphatic rings. The van der Waals surface area contributed by atoms with Crippen molar-refractivity contribution >= 4 is 9.84 Å². The Morgan fingerprint density at radius 3 is 2.62 bits per heavy atom. The highest BCUT2D eigenvalue weighted by atomic mass is 32.2. The average Bonchev–Trinajstić information content (AvgIpc) is 2.18. The van der Waals surface area contributed by atoms with Crippen LogP contribution >= 0.6 is 0 Å². The second-order valence-corrected chi connectivity index (χ2v) is 6.01. The van der Waals surface area contributed by atoms with E-state index in [9.17, 15) is 8.42 Å². The van der Waals surface area contributed by atoms with Crippen LogP contribution in [0.2, 0.25) is 0 Å². The minimum absolute atomic E-state index is 0.0221. The minimum atomic E-state index is -3.01. The maximum Gasteiger partial charge on any atom is 0.150 e. The van der Waals surface area contributed by atoms with E-state index >= 15 is 0 Å². The van der Waals surface area contributed by atoms with E-state index in [1.54, 1.807) is 6.07 Å². The molecule has 0 saturated heterocycles. The Bertz CT molecular complexity index is 451. The molecule has 0 saturated carbocycles. The summed E-state index contributed by atoms with van der Waals surface area (Å²) in [6.45, 7) is 1.91. The lowest BCUT2D eigenvalue weighted by atomic mass is 10.1. The van der Waals surface area contributed by atoms with Crippen molar-refractivity contribution in [2.75, 3.05) is 18.6 Å². The number of aryl methyl sites for hydroxylation is 1. The van der Waals surface area contributed by atoms with Crippen LogP contribution in [0.5, 0.6) is 5.75 Å². The largest absolute Gasteiger partial charge is 0.492 e. The summed E-state index contributed by atoms with van der Waals surface area (Å²) in [5.41, 5.74) is 1.70. The Balaban J connectivity index is 2.67. The molecule has 0 aliphatic heterocycles. The molecule has 1 aromatic rings. The van der Waals surface area contributed by atoms with E-state index in [4.69, 9.17) is 9.84 Å². The number of benzene rings is 1. The summed E-state index contributed by atoms with van der Waals surface area (Å²) < 4.78 is 27.1. The van der Waals surface area contributed by atoms with Gasteiger partial charge in [0.05, 0.1) is 12.4 Å². The van der Waals surface area contributed by atoms with Crippen LogP contribution in [-0.4, -0.2) is 32.1 Å². The maximum atomic E-state index is 10.9. The van der Waals surface area contributed by atoms with Crippen LogP contribution in [0, 0.1) is 6.92 Å². The standard InChI is InChI=1S/C11H16O4S/c1-9-3-4-11(10(7-9)8-12)15-5-6-16(2,13)14/h3-4,7,12H,5-6,8H2,1-2H3. The normalized spacial score (nSPS) is 11.4. The van der Waals surface area contributed by atoms with Gasteiger partial charge in [-0.25, -0.2) is 8.42 Å². The van der Waals surface area contributed by atoms with E-state index in [1.165, 1.54) is 6.26 Å². The molecule has 0 spiro atoms. The Labute approximate surface area is 95.8 Å². The first-order valence-corrected chi connectivity index (χ1v) is 6.99. The van der Waals surface area contributed by atoms with Crippen LogP contribution in [0.4, 0.5) is 0 Å². The summed E-state index contributed by atoms with van der Waals surface area (Å²) in [6, 6.07) is 5.41. The monoisotopic (exact) mass is 244 g/mol. The maximum absolute atomic E-state index is 10.9. The fourth-order valence-electron chi connectivity index (χ4n) is 1.28. The second-order valence-electron chi connectivity index (χ2n) is 3.75. The number of hydrogen-bond acceptors (Lipinski definition) is 4. The average molecular weight is 244 g/mol. The van der Waals surface area contributed by atoms with Crippen LogP contribution in [0.15, 0.2) is 18.2 Å². The number of aliphatic hydroxyl groups is 1. The molecule has 0 aliphatic carbocycles. The molecule has 4 nitrogen and oxygen atoms in total. The Morgan fingerprint density at radius 2 is 2.06 bits per heavy atom. The van der Waals surface area contributed by atoms with Crippen LogP contribution in [0.1, 0.15) is 11.1 Å². The molecule has 0 amide bonds. The summed E-state index contributed by atoms with van der Waals surface area (Å²) in [5.74, 6) is 0.517. The van der Waals surface area contributed by atoms with Gasteiger partial charge in [0.15, 0.2) is 9.84 Å². The predicted molar refractivity (Wildman–Crippen MR) is 62.3 cm³/mol. The minimum Gasteiger partial charge on any atom is -0.492 e. The highest BCUT2D eigenvalue weighted by Gasteiger charge is 2.06. The van der Waals surface area contributed by atoms with E-state index in [0.717, 1.165) is 5.56 Å². The van der Waals surface area contributed by atoms with Crippen molar-refractivity contribution in [1.82, 2.24) is 0 Å². The fraction of sp³-hybridized carbons (Fsp3) is 0.455. The van der Waals surface area contributed by atoms with Crippen LogP contribution in [0.3, 0.4) is 0 Å². The molecule has 0 aromatic heterocycles. The topological polar surface area (TPSA) is 63.6 Å². The molecule has 5 heteroatoms. The zero-order valence-corrected chi connectivity index (χ0v) is 10.3. The Hall–Kier alpha value is -1.07. The van der Waals surface area contributed by atoms with Crippen molar-refractivity contribution in [2.24, 2.45) is 0 Å². The van der Waals surface area contributed by atoms with Crippen molar-refractivity contribution < 1.29 is 18.3 Å². The van der Waals surface area contributed by atoms with Crippen molar-refractivity contribution in [3.8, 4) is 5.75 Å². The fourth-order valence-corrected chi connectivity index (χ4v) is 1.66. The number of rotatable bonds is 5. The van der Waals surface area contributed by atoms with Gasteiger partial charge in [-0.2, -0.15) is 0 Å². The number of ether oxygens (including phenoxy) is 1. The number of sulfone groups is 1. The molecule has 1 N–H and O–H groups in total. The van der Waals surface area contributed by atoms with E-state index in [1.807, 2.05) is 19.1 Å². The first kappa shape index (κ1) is 13.0. The van der Waals surface area contributed by atoms with Gasteiger partial charge in [0, 0.05) is 11.8 Å². The summed E-state index contributed by atoms with van der Waals surface area (Å²) in [4.78, 5) is 0. The molecule has 1 aromatic carbocycles. The van der Waals surface area contributed by atoms with E-state index in [0.29, 0.717) is 11.3 Å². The van der Waals surface area contributed by atoms with E-state index < -0.39 is 9.84 Å². The predicted octanol–water partition coefficient (Wildman–Crippen LogP) is 0.911. The third-order valence-corrected chi connectivity index (χ3v) is 3.01. The molecule has 0 heterocycles. The zero-order chi connectivity index (χ0) is 12.2. The number of hydrogen-bond donors (Lipinski definition) is 1. The highest BCUT2D eigenvalue weighted by molar-refractivity contribution is 7.90. The van der Waals surface area contributed by atoms with Crippen molar-refractivity contribution in [2.45, 2.75) is 13.5 Å². The lowest BCUT2D eigenvalue weighted by Crippen LogP contribution is -2.12. The van der Waals surface area contributed by atoms with Gasteiger partial charge < -0.3 is 9.84 Å². The second kappa shape index (κ2) is 5.32. The van der Waals surface area contributed by atoms with Crippen molar-refractivity contribution in [1.29, 1.82) is 0 Å². The van der Waals surface area contributed by atoms with Gasteiger partial charge in [-0.3, -0.25) is 0 Å². The smallest absolute Gasteiger partial charge is 0.150 e. The van der Waals surface area contributed by atoms with Crippen LogP contribution in [-0.2, 0) is 16.4 Å². The molecule has 1 rings (SSSR count). The van der Waals surface area contributed by atoms with Crippen LogP contribution in [0.25, 0.3) is 0 Å². The van der Waals surface area contributed by atoms with Gasteiger partial charge in [0.1, 0.15) is 12.4 Å². The highest BCUT2D eigenvalue weighted by Crippen LogP contribution is 2.19. The van der Waals surface area contributed by atoms with E-state index in [2.05, 4.69) is 0 Å². The van der Waals surface area contributed by atoms with Gasteiger partial charge in [0.25, 0.3) is 0 Å². The molecule has 0 atom stereocenters. The van der Waals surface area contributed by atoms with Gasteiger partial charge in [-0.1, -0.05) is 17.7 Å². The third-order valence-electron chi connectivity index (χ3n) is 2.10. The molecule has 90 valence electrons. The van der Waals surface area contributed by atoms with Gasteiger partial charge >= 0.3 is 0 Å². The van der Waals surface area contributed by atoms with Gasteiger partial charge in [-0.15, -0.1) is 0 Å². The van der Waals surface area contributed by atoms with Crippen LogP contribution < -0.4 is 4.74 Å². The summed E-state index contributed by atoms with van der Waals surface area (Å²) in [5, 5.41) is 9.10. The Kier molecular flexibility index (Phi) is 4.32. The summed E-state index contributed by atoms with van der Waals surface area (Å²) >= 11 is 0. The summed E-state index contributed by atoms with van der Waals surface area (Å²) in [6.07, 6.45) is 1.17. The molecule has 16 heavy (non-hydrogen) atoms. The first-order valence-electron chi connectivity index (χ1n) is 4.93. The molecular weight excluding hydrogens is 228 g/mol. The summed E-state index contributed by atoms with van der Waals surface area (Å²) in [7, 11) is -3.01. The molecule has 0 unspecified atom stereocenters. The quantitative estimate of drug-likeness (QED) is 0.836. The SMILES string of the molecule is Cc1ccc(OCCS(C)(=O)=O)c(CO)c1. The molecule has 0 bridgehead atoms. The Morgan fingerprint density at radius 1 is 1.38 bits per heavy atom. The first-order chi connectivity index (χ1) is 7.42. The van der Waals surface area contributed by atoms with Crippen molar-refractivity contribution in [3.05, 3.63) is 29.3 Å². The lowest BCUT2D eigenvalue weighted by molar-refractivity contribution is 0.267. The van der Waals surface area contributed by atoms with Gasteiger partial charge in [0.2, 0.25) is 0 Å². The number of aliphatic hydroxyl groups excluding tert-OH is 1. The molecule has 0 radical (unpaired) electrons. The third kappa shape index (κ3) is 4.20. The van der Waals surface area contributed by atoms with Crippen molar-refractivity contribution in [3.63, 3.8) is 0 Å².